The van der Waals surface area contributed by atoms with Crippen LogP contribution in [0.4, 0.5) is 5.69 Å². The van der Waals surface area contributed by atoms with Gasteiger partial charge >= 0.3 is 0 Å². The van der Waals surface area contributed by atoms with Crippen molar-refractivity contribution in [3.05, 3.63) is 59.9 Å². The Bertz CT molecular complexity index is 804. The Morgan fingerprint density at radius 2 is 1.77 bits per heavy atom. The van der Waals surface area contributed by atoms with Gasteiger partial charge in [0.25, 0.3) is 11.8 Å². The molecule has 1 aromatic carbocycles. The molecule has 0 fully saturated rings. The van der Waals surface area contributed by atoms with Gasteiger partial charge in [0.1, 0.15) is 0 Å². The molecule has 2 aromatic rings. The van der Waals surface area contributed by atoms with Gasteiger partial charge in [0, 0.05) is 23.6 Å². The van der Waals surface area contributed by atoms with Crippen LogP contribution in [0, 0.1) is 0 Å². The van der Waals surface area contributed by atoms with Gasteiger partial charge in [0.15, 0.2) is 0 Å². The van der Waals surface area contributed by atoms with Crippen molar-refractivity contribution in [3.8, 4) is 0 Å². The van der Waals surface area contributed by atoms with Gasteiger partial charge in [-0.3, -0.25) is 14.6 Å². The van der Waals surface area contributed by atoms with E-state index in [2.05, 4.69) is 10.3 Å². The molecule has 2 N–H and O–H groups in total. The summed E-state index contributed by atoms with van der Waals surface area (Å²) < 4.78 is 24.0. The largest absolute Gasteiger partial charge is 0.322 e. The van der Waals surface area contributed by atoms with E-state index in [1.54, 1.807) is 24.4 Å². The lowest BCUT2D eigenvalue weighted by molar-refractivity contribution is 0.0979. The molecule has 0 saturated carbocycles. The van der Waals surface area contributed by atoms with Crippen molar-refractivity contribution in [2.75, 3.05) is 11.6 Å². The SMILES string of the molecule is CS(=O)(=O)NC(=O)c1cccc(NC(=O)c2cccnc2)c1. The zero-order chi connectivity index (χ0) is 16.2. The normalized spacial score (nSPS) is 10.8. The van der Waals surface area contributed by atoms with Gasteiger partial charge in [-0.2, -0.15) is 0 Å². The zero-order valence-electron chi connectivity index (χ0n) is 11.6. The number of benzene rings is 1. The maximum absolute atomic E-state index is 12.0. The van der Waals surface area contributed by atoms with Gasteiger partial charge < -0.3 is 5.32 Å². The molecule has 0 spiro atoms. The number of nitrogens with one attached hydrogen (secondary N) is 2. The average Bonchev–Trinajstić information content (AvgIpc) is 2.46. The number of amides is 2. The number of nitrogens with zero attached hydrogens (tertiary/aromatic N) is 1. The van der Waals surface area contributed by atoms with Crippen LogP contribution in [0.1, 0.15) is 20.7 Å². The molecule has 8 heteroatoms. The molecule has 0 atom stereocenters. The van der Waals surface area contributed by atoms with Crippen LogP contribution in [0.15, 0.2) is 48.8 Å². The number of rotatable bonds is 4. The van der Waals surface area contributed by atoms with Gasteiger partial charge in [0.05, 0.1) is 11.8 Å². The van der Waals surface area contributed by atoms with Gasteiger partial charge in [-0.1, -0.05) is 6.07 Å². The van der Waals surface area contributed by atoms with Crippen LogP contribution >= 0.6 is 0 Å². The van der Waals surface area contributed by atoms with Crippen molar-refractivity contribution < 1.29 is 18.0 Å². The molecule has 22 heavy (non-hydrogen) atoms. The molecule has 114 valence electrons. The third-order valence-corrected chi connectivity index (χ3v) is 3.14. The van der Waals surface area contributed by atoms with Crippen LogP contribution in [0.5, 0.6) is 0 Å². The highest BCUT2D eigenvalue weighted by molar-refractivity contribution is 7.89. The highest BCUT2D eigenvalue weighted by atomic mass is 32.2. The molecule has 0 bridgehead atoms. The summed E-state index contributed by atoms with van der Waals surface area (Å²) in [5.41, 5.74) is 0.859. The van der Waals surface area contributed by atoms with Crippen LogP contribution < -0.4 is 10.0 Å². The third-order valence-electron chi connectivity index (χ3n) is 2.58. The quantitative estimate of drug-likeness (QED) is 0.875. The Morgan fingerprint density at radius 1 is 1.05 bits per heavy atom. The van der Waals surface area contributed by atoms with E-state index >= 15 is 0 Å². The van der Waals surface area contributed by atoms with Crippen LogP contribution in [0.25, 0.3) is 0 Å². The second-order valence-corrected chi connectivity index (χ2v) is 6.23. The fourth-order valence-corrected chi connectivity index (χ4v) is 2.12. The standard InChI is InChI=1S/C14H13N3O4S/c1-22(20,21)17-14(19)10-4-2-6-12(8-10)16-13(18)11-5-3-7-15-9-11/h2-9H,1H3,(H,16,18)(H,17,19). The van der Waals surface area contributed by atoms with Crippen LogP contribution in [-0.4, -0.2) is 31.5 Å². The fraction of sp³-hybridized carbons (Fsp3) is 0.0714. The molecule has 0 aliphatic carbocycles. The number of aromatic nitrogens is 1. The number of hydrogen-bond acceptors (Lipinski definition) is 5. The van der Waals surface area contributed by atoms with Crippen LogP contribution in [-0.2, 0) is 10.0 Å². The third kappa shape index (κ3) is 4.38. The molecule has 2 rings (SSSR count). The smallest absolute Gasteiger partial charge is 0.264 e. The van der Waals surface area contributed by atoms with Crippen molar-refractivity contribution in [1.29, 1.82) is 0 Å². The van der Waals surface area contributed by atoms with Crippen molar-refractivity contribution in [2.24, 2.45) is 0 Å². The summed E-state index contributed by atoms with van der Waals surface area (Å²) in [4.78, 5) is 27.6. The van der Waals surface area contributed by atoms with E-state index in [-0.39, 0.29) is 11.5 Å². The molecule has 2 amide bonds. The van der Waals surface area contributed by atoms with E-state index in [0.29, 0.717) is 11.3 Å². The Balaban J connectivity index is 2.15. The number of sulfonamides is 1. The number of carbonyl (C=O) groups is 2. The predicted molar refractivity (Wildman–Crippen MR) is 80.9 cm³/mol. The number of carbonyl (C=O) groups excluding carboxylic acids is 2. The summed E-state index contributed by atoms with van der Waals surface area (Å²) >= 11 is 0. The second kappa shape index (κ2) is 6.35. The molecular weight excluding hydrogens is 306 g/mol. The lowest BCUT2D eigenvalue weighted by Crippen LogP contribution is -2.29. The minimum atomic E-state index is -3.65. The van der Waals surface area contributed by atoms with E-state index in [1.165, 1.54) is 24.4 Å². The van der Waals surface area contributed by atoms with Gasteiger partial charge in [-0.15, -0.1) is 0 Å². The molecule has 0 saturated heterocycles. The summed E-state index contributed by atoms with van der Waals surface area (Å²) in [6.45, 7) is 0. The summed E-state index contributed by atoms with van der Waals surface area (Å²) in [6, 6.07) is 9.18. The number of anilines is 1. The van der Waals surface area contributed by atoms with Gasteiger partial charge in [-0.25, -0.2) is 13.1 Å². The average molecular weight is 319 g/mol. The molecule has 7 nitrogen and oxygen atoms in total. The van der Waals surface area contributed by atoms with Crippen LogP contribution in [0.2, 0.25) is 0 Å². The maximum Gasteiger partial charge on any atom is 0.264 e. The summed E-state index contributed by atoms with van der Waals surface area (Å²) in [6.07, 6.45) is 3.85. The van der Waals surface area contributed by atoms with Gasteiger partial charge in [0.2, 0.25) is 10.0 Å². The zero-order valence-corrected chi connectivity index (χ0v) is 12.4. The first-order valence-electron chi connectivity index (χ1n) is 6.19. The minimum Gasteiger partial charge on any atom is -0.322 e. The van der Waals surface area contributed by atoms with E-state index in [0.717, 1.165) is 6.26 Å². The lowest BCUT2D eigenvalue weighted by atomic mass is 10.2. The van der Waals surface area contributed by atoms with Crippen molar-refractivity contribution in [2.45, 2.75) is 0 Å². The van der Waals surface area contributed by atoms with Crippen LogP contribution in [0.3, 0.4) is 0 Å². The fourth-order valence-electron chi connectivity index (χ4n) is 1.67. The first-order valence-corrected chi connectivity index (χ1v) is 8.08. The summed E-state index contributed by atoms with van der Waals surface area (Å²) in [7, 11) is -3.65. The monoisotopic (exact) mass is 319 g/mol. The first-order chi connectivity index (χ1) is 10.3. The topological polar surface area (TPSA) is 105 Å². The molecule has 1 aromatic heterocycles. The van der Waals surface area contributed by atoms with Crippen molar-refractivity contribution in [1.82, 2.24) is 9.71 Å². The Kier molecular flexibility index (Phi) is 4.52. The molecule has 1 heterocycles. The highest BCUT2D eigenvalue weighted by Gasteiger charge is 2.12. The van der Waals surface area contributed by atoms with E-state index < -0.39 is 15.9 Å². The molecule has 0 aliphatic heterocycles. The Morgan fingerprint density at radius 3 is 2.41 bits per heavy atom. The van der Waals surface area contributed by atoms with Crippen molar-refractivity contribution in [3.63, 3.8) is 0 Å². The highest BCUT2D eigenvalue weighted by Crippen LogP contribution is 2.12. The summed E-state index contributed by atoms with van der Waals surface area (Å²) in [5, 5.41) is 2.61. The molecule has 0 aliphatic rings. The summed E-state index contributed by atoms with van der Waals surface area (Å²) in [5.74, 6) is -1.14. The first kappa shape index (κ1) is 15.6. The van der Waals surface area contributed by atoms with Gasteiger partial charge in [-0.05, 0) is 30.3 Å². The predicted octanol–water partition coefficient (Wildman–Crippen LogP) is 1.02. The molecule has 0 radical (unpaired) electrons. The molecule has 0 unspecified atom stereocenters. The second-order valence-electron chi connectivity index (χ2n) is 4.48. The Labute approximate surface area is 127 Å². The lowest BCUT2D eigenvalue weighted by Gasteiger charge is -2.07. The molecular formula is C14H13N3O4S. The number of pyridine rings is 1. The van der Waals surface area contributed by atoms with E-state index in [9.17, 15) is 18.0 Å². The Hall–Kier alpha value is -2.74. The number of hydrogen-bond donors (Lipinski definition) is 2. The van der Waals surface area contributed by atoms with E-state index in [1.807, 2.05) is 4.72 Å². The minimum absolute atomic E-state index is 0.120. The van der Waals surface area contributed by atoms with E-state index in [4.69, 9.17) is 0 Å². The van der Waals surface area contributed by atoms with Crippen molar-refractivity contribution >= 4 is 27.5 Å². The maximum atomic E-state index is 12.0.